The van der Waals surface area contributed by atoms with Gasteiger partial charge in [0.2, 0.25) is 15.9 Å². The summed E-state index contributed by atoms with van der Waals surface area (Å²) >= 11 is 0. The average molecular weight is 391 g/mol. The minimum Gasteiger partial charge on any atom is -0.326 e. The number of carbonyl (C=O) groups excluding carboxylic acids is 1. The highest BCUT2D eigenvalue weighted by Gasteiger charge is 2.31. The van der Waals surface area contributed by atoms with Gasteiger partial charge in [0, 0.05) is 25.5 Å². The molecule has 8 nitrogen and oxygen atoms in total. The van der Waals surface area contributed by atoms with Crippen LogP contribution in [-0.4, -0.2) is 30.7 Å². The Balaban J connectivity index is 2.08. The molecular formula is C14H16F3N5O3S. The lowest BCUT2D eigenvalue weighted by Crippen LogP contribution is -2.32. The molecule has 2 rings (SSSR count). The normalized spacial score (nSPS) is 12.2. The van der Waals surface area contributed by atoms with E-state index in [1.807, 2.05) is 4.72 Å². The third-order valence-electron chi connectivity index (χ3n) is 3.25. The van der Waals surface area contributed by atoms with Crippen molar-refractivity contribution in [3.8, 4) is 0 Å². The first-order valence-electron chi connectivity index (χ1n) is 7.20. The molecule has 1 amide bonds. The Morgan fingerprint density at radius 3 is 2.54 bits per heavy atom. The van der Waals surface area contributed by atoms with Crippen molar-refractivity contribution in [2.24, 2.45) is 12.8 Å². The van der Waals surface area contributed by atoms with E-state index in [0.717, 1.165) is 18.3 Å². The van der Waals surface area contributed by atoms with Gasteiger partial charge in [-0.3, -0.25) is 9.48 Å². The first-order chi connectivity index (χ1) is 12.0. The molecule has 0 radical (unpaired) electrons. The molecule has 0 spiro atoms. The molecule has 2 aromatic rings. The first-order valence-corrected chi connectivity index (χ1v) is 8.69. The van der Waals surface area contributed by atoms with Gasteiger partial charge in [0.25, 0.3) is 0 Å². The zero-order valence-electron chi connectivity index (χ0n) is 13.5. The van der Waals surface area contributed by atoms with Crippen LogP contribution in [0.15, 0.2) is 35.5 Å². The molecule has 0 aliphatic heterocycles. The van der Waals surface area contributed by atoms with Crippen LogP contribution < -0.4 is 15.8 Å². The van der Waals surface area contributed by atoms with E-state index in [0.29, 0.717) is 0 Å². The summed E-state index contributed by atoms with van der Waals surface area (Å²) in [6.45, 7) is -0.814. The van der Waals surface area contributed by atoms with Crippen LogP contribution in [0.3, 0.4) is 0 Å². The Hall–Kier alpha value is -2.44. The van der Waals surface area contributed by atoms with E-state index in [-0.39, 0.29) is 22.7 Å². The van der Waals surface area contributed by atoms with Crippen LogP contribution in [0.5, 0.6) is 0 Å². The summed E-state index contributed by atoms with van der Waals surface area (Å²) in [6, 6.07) is 2.90. The number of hydrogen-bond donors (Lipinski definition) is 3. The molecule has 0 saturated carbocycles. The van der Waals surface area contributed by atoms with Crippen molar-refractivity contribution in [1.29, 1.82) is 0 Å². The lowest BCUT2D eigenvalue weighted by molar-refractivity contribution is -0.137. The van der Waals surface area contributed by atoms with Crippen molar-refractivity contribution in [3.05, 3.63) is 41.7 Å². The van der Waals surface area contributed by atoms with Crippen molar-refractivity contribution in [1.82, 2.24) is 14.5 Å². The standard InChI is InChI=1S/C14H16F3N5O3S/c1-22-8-12(6-19-22)26(24,25)20-7-13(23)21-11-3-9(5-18)2-10(4-11)14(15,16)17/h2-4,6,8,20H,5,7,18H2,1H3,(H,21,23). The highest BCUT2D eigenvalue weighted by molar-refractivity contribution is 7.89. The fourth-order valence-electron chi connectivity index (χ4n) is 2.03. The number of anilines is 1. The van der Waals surface area contributed by atoms with Crippen LogP contribution in [0, 0.1) is 0 Å². The topological polar surface area (TPSA) is 119 Å². The number of hydrogen-bond acceptors (Lipinski definition) is 5. The van der Waals surface area contributed by atoms with Crippen molar-refractivity contribution < 1.29 is 26.4 Å². The zero-order valence-corrected chi connectivity index (χ0v) is 14.4. The molecule has 0 bridgehead atoms. The number of aryl methyl sites for hydroxylation is 1. The van der Waals surface area contributed by atoms with Gasteiger partial charge in [-0.2, -0.15) is 18.3 Å². The van der Waals surface area contributed by atoms with Gasteiger partial charge in [-0.1, -0.05) is 0 Å². The van der Waals surface area contributed by atoms with Gasteiger partial charge in [-0.25, -0.2) is 13.1 Å². The van der Waals surface area contributed by atoms with Gasteiger partial charge in [-0.05, 0) is 23.8 Å². The van der Waals surface area contributed by atoms with E-state index in [9.17, 15) is 26.4 Å². The van der Waals surface area contributed by atoms with Crippen molar-refractivity contribution in [2.75, 3.05) is 11.9 Å². The van der Waals surface area contributed by atoms with Crippen LogP contribution in [0.1, 0.15) is 11.1 Å². The van der Waals surface area contributed by atoms with Crippen LogP contribution >= 0.6 is 0 Å². The molecule has 0 unspecified atom stereocenters. The van der Waals surface area contributed by atoms with Crippen LogP contribution in [0.4, 0.5) is 18.9 Å². The molecular weight excluding hydrogens is 375 g/mol. The second-order valence-electron chi connectivity index (χ2n) is 5.34. The largest absolute Gasteiger partial charge is 0.416 e. The number of rotatable bonds is 6. The van der Waals surface area contributed by atoms with Crippen LogP contribution in [0.25, 0.3) is 0 Å². The SMILES string of the molecule is Cn1cc(S(=O)(=O)NCC(=O)Nc2cc(CN)cc(C(F)(F)F)c2)cn1. The summed E-state index contributed by atoms with van der Waals surface area (Å²) in [4.78, 5) is 11.7. The molecule has 26 heavy (non-hydrogen) atoms. The van der Waals surface area contributed by atoms with Gasteiger partial charge in [0.1, 0.15) is 4.90 Å². The Kier molecular flexibility index (Phi) is 5.68. The smallest absolute Gasteiger partial charge is 0.326 e. The maximum absolute atomic E-state index is 12.9. The third-order valence-corrected chi connectivity index (χ3v) is 4.61. The number of amides is 1. The number of halogens is 3. The molecule has 12 heteroatoms. The molecule has 0 atom stereocenters. The molecule has 0 saturated heterocycles. The van der Waals surface area contributed by atoms with E-state index in [1.165, 1.54) is 24.0 Å². The van der Waals surface area contributed by atoms with Crippen LogP contribution in [0.2, 0.25) is 0 Å². The number of nitrogens with two attached hydrogens (primary N) is 1. The number of nitrogens with one attached hydrogen (secondary N) is 2. The van der Waals surface area contributed by atoms with Crippen molar-refractivity contribution >= 4 is 21.6 Å². The summed E-state index contributed by atoms with van der Waals surface area (Å²) in [5.74, 6) is -0.834. The lowest BCUT2D eigenvalue weighted by Gasteiger charge is -2.12. The minimum atomic E-state index is -4.60. The van der Waals surface area contributed by atoms with Crippen molar-refractivity contribution in [2.45, 2.75) is 17.6 Å². The van der Waals surface area contributed by atoms with E-state index >= 15 is 0 Å². The molecule has 4 N–H and O–H groups in total. The lowest BCUT2D eigenvalue weighted by atomic mass is 10.1. The molecule has 0 fully saturated rings. The Morgan fingerprint density at radius 1 is 1.31 bits per heavy atom. The number of carbonyl (C=O) groups is 1. The molecule has 1 heterocycles. The van der Waals surface area contributed by atoms with Gasteiger partial charge in [0.05, 0.1) is 18.3 Å². The number of sulfonamides is 1. The van der Waals surface area contributed by atoms with Gasteiger partial charge in [0.15, 0.2) is 0 Å². The first kappa shape index (κ1) is 19.9. The second kappa shape index (κ2) is 7.43. The van der Waals surface area contributed by atoms with E-state index in [4.69, 9.17) is 5.73 Å². The fraction of sp³-hybridized carbons (Fsp3) is 0.286. The number of aromatic nitrogens is 2. The fourth-order valence-corrected chi connectivity index (χ4v) is 3.00. The van der Waals surface area contributed by atoms with E-state index < -0.39 is 34.2 Å². The van der Waals surface area contributed by atoms with E-state index in [1.54, 1.807) is 0 Å². The third kappa shape index (κ3) is 5.03. The molecule has 0 aliphatic carbocycles. The summed E-state index contributed by atoms with van der Waals surface area (Å²) < 4.78 is 65.9. The molecule has 142 valence electrons. The quantitative estimate of drug-likeness (QED) is 0.673. The summed E-state index contributed by atoms with van der Waals surface area (Å²) in [6.07, 6.45) is -2.27. The van der Waals surface area contributed by atoms with Gasteiger partial charge >= 0.3 is 6.18 Å². The average Bonchev–Trinajstić information content (AvgIpc) is 2.99. The summed E-state index contributed by atoms with van der Waals surface area (Å²) in [5.41, 5.74) is 4.44. The number of benzene rings is 1. The minimum absolute atomic E-state index is 0.133. The molecule has 1 aromatic heterocycles. The second-order valence-corrected chi connectivity index (χ2v) is 7.11. The predicted octanol–water partition coefficient (Wildman–Crippen LogP) is 0.815. The number of alkyl halides is 3. The highest BCUT2D eigenvalue weighted by atomic mass is 32.2. The molecule has 0 aliphatic rings. The Morgan fingerprint density at radius 2 is 2.00 bits per heavy atom. The summed E-state index contributed by atoms with van der Waals surface area (Å²) in [7, 11) is -2.44. The zero-order chi connectivity index (χ0) is 19.5. The van der Waals surface area contributed by atoms with Gasteiger partial charge in [-0.15, -0.1) is 0 Å². The monoisotopic (exact) mass is 391 g/mol. The molecule has 1 aromatic carbocycles. The maximum Gasteiger partial charge on any atom is 0.416 e. The predicted molar refractivity (Wildman–Crippen MR) is 86.4 cm³/mol. The van der Waals surface area contributed by atoms with Crippen LogP contribution in [-0.2, 0) is 34.6 Å². The maximum atomic E-state index is 12.9. The highest BCUT2D eigenvalue weighted by Crippen LogP contribution is 2.31. The van der Waals surface area contributed by atoms with Crippen molar-refractivity contribution in [3.63, 3.8) is 0 Å². The van der Waals surface area contributed by atoms with Gasteiger partial charge < -0.3 is 11.1 Å². The summed E-state index contributed by atoms with van der Waals surface area (Å²) in [5, 5.41) is 5.92. The Bertz CT molecular complexity index is 909. The number of nitrogens with zero attached hydrogens (tertiary/aromatic N) is 2. The van der Waals surface area contributed by atoms with E-state index in [2.05, 4.69) is 10.4 Å². The Labute approximate surface area is 147 Å².